The van der Waals surface area contributed by atoms with Gasteiger partial charge in [-0.15, -0.1) is 0 Å². The first-order valence-electron chi connectivity index (χ1n) is 9.33. The lowest BCUT2D eigenvalue weighted by Crippen LogP contribution is -2.44. The molecular weight excluding hydrogens is 352 g/mol. The van der Waals surface area contributed by atoms with E-state index < -0.39 is 5.97 Å². The van der Waals surface area contributed by atoms with Gasteiger partial charge < -0.3 is 14.9 Å². The highest BCUT2D eigenvalue weighted by atomic mass is 16.5. The molecule has 2 aliphatic rings. The predicted molar refractivity (Wildman–Crippen MR) is 98.5 cm³/mol. The maximum atomic E-state index is 11.1. The zero-order valence-corrected chi connectivity index (χ0v) is 16.1. The van der Waals surface area contributed by atoms with Crippen LogP contribution in [0.3, 0.4) is 0 Å². The van der Waals surface area contributed by atoms with Crippen molar-refractivity contribution in [3.05, 3.63) is 17.5 Å². The van der Waals surface area contributed by atoms with E-state index in [1.54, 1.807) is 0 Å². The molecule has 0 amide bonds. The Labute approximate surface area is 159 Å². The highest BCUT2D eigenvalue weighted by molar-refractivity contribution is 5.69. The van der Waals surface area contributed by atoms with Crippen LogP contribution in [0.5, 0.6) is 0 Å². The van der Waals surface area contributed by atoms with Gasteiger partial charge in [-0.1, -0.05) is 6.92 Å². The molecule has 2 bridgehead atoms. The van der Waals surface area contributed by atoms with Crippen molar-refractivity contribution in [2.75, 3.05) is 39.4 Å². The van der Waals surface area contributed by atoms with Crippen LogP contribution in [0.1, 0.15) is 24.6 Å². The number of carboxylic acids is 1. The Hall–Kier alpha value is -1.97. The Kier molecular flexibility index (Phi) is 8.21. The van der Waals surface area contributed by atoms with Gasteiger partial charge in [0.25, 0.3) is 6.47 Å². The topological polar surface area (TPSA) is 108 Å². The van der Waals surface area contributed by atoms with Crippen LogP contribution in [-0.2, 0) is 27.4 Å². The van der Waals surface area contributed by atoms with E-state index in [1.165, 1.54) is 11.3 Å². The third-order valence-electron chi connectivity index (χ3n) is 5.03. The van der Waals surface area contributed by atoms with Crippen LogP contribution < -0.4 is 0 Å². The van der Waals surface area contributed by atoms with Crippen LogP contribution >= 0.6 is 0 Å². The van der Waals surface area contributed by atoms with Crippen molar-refractivity contribution in [2.45, 2.75) is 39.4 Å². The minimum atomic E-state index is -0.751. The summed E-state index contributed by atoms with van der Waals surface area (Å²) in [6.07, 6.45) is 3.06. The quantitative estimate of drug-likeness (QED) is 0.686. The fraction of sp³-hybridized carbons (Fsp3) is 0.722. The maximum absolute atomic E-state index is 11.1. The summed E-state index contributed by atoms with van der Waals surface area (Å²) in [5, 5.41) is 20.5. The van der Waals surface area contributed by atoms with E-state index in [9.17, 15) is 4.79 Å². The number of carboxylic acid groups (broad SMARTS) is 2. The number of fused-ring (bicyclic) bond motifs is 3. The van der Waals surface area contributed by atoms with Crippen LogP contribution in [0, 0.1) is 12.8 Å². The predicted octanol–water partition coefficient (Wildman–Crippen LogP) is 0.520. The summed E-state index contributed by atoms with van der Waals surface area (Å²) in [5.74, 6) is -0.387. The molecule has 9 nitrogen and oxygen atoms in total. The summed E-state index contributed by atoms with van der Waals surface area (Å²) < 4.78 is 7.90. The van der Waals surface area contributed by atoms with Crippen LogP contribution in [0.25, 0.3) is 0 Å². The molecule has 1 aromatic rings. The van der Waals surface area contributed by atoms with Gasteiger partial charge in [-0.05, 0) is 13.3 Å². The number of hydrogen-bond acceptors (Lipinski definition) is 6. The summed E-state index contributed by atoms with van der Waals surface area (Å²) in [7, 11) is 0. The standard InChI is InChI=1S/C17H28N4O3.CH2O2/c1-3-4-21-13(2)15(5-18-21)8-20-7-14-6-19(10-17(22)23)9-16(20)12-24-11-14;2-1-3/h5,14,16H,3-4,6-12H2,1-2H3,(H,22,23);1H,(H,2,3)/t14-,16-;/m0./s1. The van der Waals surface area contributed by atoms with Gasteiger partial charge in [0.05, 0.1) is 26.0 Å². The first-order valence-corrected chi connectivity index (χ1v) is 9.33. The number of hydrogen-bond donors (Lipinski definition) is 2. The van der Waals surface area contributed by atoms with Gasteiger partial charge in [0, 0.05) is 55.9 Å². The third kappa shape index (κ3) is 6.02. The number of aromatic nitrogens is 2. The molecule has 3 heterocycles. The van der Waals surface area contributed by atoms with Crippen LogP contribution in [0.2, 0.25) is 0 Å². The highest BCUT2D eigenvalue weighted by Crippen LogP contribution is 2.22. The zero-order valence-electron chi connectivity index (χ0n) is 16.1. The lowest BCUT2D eigenvalue weighted by Gasteiger charge is -2.30. The summed E-state index contributed by atoms with van der Waals surface area (Å²) in [6.45, 7) is 9.88. The van der Waals surface area contributed by atoms with E-state index >= 15 is 0 Å². The van der Waals surface area contributed by atoms with Gasteiger partial charge in [0.2, 0.25) is 0 Å². The fourth-order valence-corrected chi connectivity index (χ4v) is 3.84. The fourth-order valence-electron chi connectivity index (χ4n) is 3.84. The molecule has 0 radical (unpaired) electrons. The Morgan fingerprint density at radius 1 is 1.37 bits per heavy atom. The van der Waals surface area contributed by atoms with Gasteiger partial charge in [-0.3, -0.25) is 24.1 Å². The molecule has 9 heteroatoms. The molecule has 0 saturated carbocycles. The van der Waals surface area contributed by atoms with Crippen molar-refractivity contribution in [3.63, 3.8) is 0 Å². The van der Waals surface area contributed by atoms with Crippen molar-refractivity contribution in [3.8, 4) is 0 Å². The van der Waals surface area contributed by atoms with Gasteiger partial charge in [-0.25, -0.2) is 0 Å². The lowest BCUT2D eigenvalue weighted by molar-refractivity contribution is -0.138. The first kappa shape index (κ1) is 21.3. The van der Waals surface area contributed by atoms with Gasteiger partial charge in [0.1, 0.15) is 0 Å². The molecular formula is C18H30N4O5. The smallest absolute Gasteiger partial charge is 0.317 e. The van der Waals surface area contributed by atoms with Gasteiger partial charge in [-0.2, -0.15) is 5.10 Å². The van der Waals surface area contributed by atoms with E-state index in [2.05, 4.69) is 33.4 Å². The van der Waals surface area contributed by atoms with E-state index in [-0.39, 0.29) is 19.1 Å². The van der Waals surface area contributed by atoms with Crippen LogP contribution in [0.4, 0.5) is 0 Å². The van der Waals surface area contributed by atoms with Crippen molar-refractivity contribution < 1.29 is 24.5 Å². The monoisotopic (exact) mass is 382 g/mol. The molecule has 2 atom stereocenters. The molecule has 3 rings (SSSR count). The Morgan fingerprint density at radius 2 is 2.11 bits per heavy atom. The first-order chi connectivity index (χ1) is 13.0. The number of aryl methyl sites for hydroxylation is 1. The van der Waals surface area contributed by atoms with Crippen molar-refractivity contribution >= 4 is 12.4 Å². The van der Waals surface area contributed by atoms with E-state index in [4.69, 9.17) is 19.7 Å². The normalized spacial score (nSPS) is 23.2. The number of aliphatic carboxylic acids is 1. The highest BCUT2D eigenvalue weighted by Gasteiger charge is 2.34. The second-order valence-electron chi connectivity index (χ2n) is 7.16. The van der Waals surface area contributed by atoms with E-state index in [1.807, 2.05) is 6.20 Å². The number of nitrogens with zero attached hydrogens (tertiary/aromatic N) is 4. The molecule has 2 aliphatic heterocycles. The molecule has 0 unspecified atom stereocenters. The number of ether oxygens (including phenoxy) is 1. The molecule has 152 valence electrons. The summed E-state index contributed by atoms with van der Waals surface area (Å²) in [5.41, 5.74) is 2.50. The van der Waals surface area contributed by atoms with Crippen molar-refractivity contribution in [2.24, 2.45) is 5.92 Å². The van der Waals surface area contributed by atoms with Crippen LogP contribution in [0.15, 0.2) is 6.20 Å². The molecule has 27 heavy (non-hydrogen) atoms. The van der Waals surface area contributed by atoms with E-state index in [0.717, 1.165) is 45.8 Å². The van der Waals surface area contributed by atoms with Gasteiger partial charge >= 0.3 is 5.97 Å². The van der Waals surface area contributed by atoms with Crippen molar-refractivity contribution in [1.29, 1.82) is 0 Å². The second kappa shape index (κ2) is 10.4. The molecule has 0 spiro atoms. The summed E-state index contributed by atoms with van der Waals surface area (Å²) in [4.78, 5) is 24.0. The lowest BCUT2D eigenvalue weighted by atomic mass is 10.1. The molecule has 0 aliphatic carbocycles. The molecule has 0 aromatic carbocycles. The maximum Gasteiger partial charge on any atom is 0.317 e. The summed E-state index contributed by atoms with van der Waals surface area (Å²) in [6, 6.07) is 0.241. The van der Waals surface area contributed by atoms with Crippen LogP contribution in [-0.4, -0.2) is 87.7 Å². The third-order valence-corrected chi connectivity index (χ3v) is 5.03. The Bertz CT molecular complexity index is 621. The Balaban J connectivity index is 0.000000817. The number of rotatable bonds is 6. The number of carbonyl (C=O) groups is 2. The molecule has 2 saturated heterocycles. The van der Waals surface area contributed by atoms with Crippen molar-refractivity contribution in [1.82, 2.24) is 19.6 Å². The molecule has 1 aromatic heterocycles. The SMILES string of the molecule is CCCn1ncc(CN2C[C@H]3COC[C@@H]2CN(CC(=O)O)C3)c1C.O=CO. The Morgan fingerprint density at radius 3 is 2.78 bits per heavy atom. The molecule has 2 N–H and O–H groups in total. The average Bonchev–Trinajstić information content (AvgIpc) is 2.75. The van der Waals surface area contributed by atoms with Gasteiger partial charge in [0.15, 0.2) is 0 Å². The second-order valence-corrected chi connectivity index (χ2v) is 7.16. The minimum absolute atomic E-state index is 0.119. The average molecular weight is 382 g/mol. The minimum Gasteiger partial charge on any atom is -0.483 e. The molecule has 2 fully saturated rings. The van der Waals surface area contributed by atoms with E-state index in [0.29, 0.717) is 12.5 Å². The zero-order chi connectivity index (χ0) is 19.8. The largest absolute Gasteiger partial charge is 0.483 e. The summed E-state index contributed by atoms with van der Waals surface area (Å²) >= 11 is 0.